The SMILES string of the molecule is CC1(C)CCC(C)(C)c2cc(N(c3ccc(-c4ccccc4)cc3)c3ccc(-c4ccccc4)c4c3Oc3ccccc3C43C4CC5CC(C4)CC3C5)ccc21. The molecule has 0 amide bonds. The van der Waals surface area contributed by atoms with Crippen LogP contribution < -0.4 is 9.64 Å². The number of anilines is 3. The van der Waals surface area contributed by atoms with Gasteiger partial charge in [0.1, 0.15) is 5.75 Å². The summed E-state index contributed by atoms with van der Waals surface area (Å²) >= 11 is 0. The lowest BCUT2D eigenvalue weighted by Gasteiger charge is -2.63. The Balaban J connectivity index is 1.19. The predicted octanol–water partition coefficient (Wildman–Crippen LogP) is 14.7. The lowest BCUT2D eigenvalue weighted by molar-refractivity contribution is -0.0449. The van der Waals surface area contributed by atoms with E-state index in [1.165, 1.54) is 95.1 Å². The summed E-state index contributed by atoms with van der Waals surface area (Å²) in [6.45, 7) is 9.73. The number of para-hydroxylation sites is 1. The van der Waals surface area contributed by atoms with Gasteiger partial charge in [-0.05, 0) is 149 Å². The fourth-order valence-corrected chi connectivity index (χ4v) is 12.6. The summed E-state index contributed by atoms with van der Waals surface area (Å²) in [6.07, 6.45) is 9.08. The highest BCUT2D eigenvalue weighted by Gasteiger charge is 2.62. The summed E-state index contributed by atoms with van der Waals surface area (Å²) in [5.74, 6) is 5.00. The number of rotatable bonds is 5. The van der Waals surface area contributed by atoms with Gasteiger partial charge in [0, 0.05) is 27.9 Å². The monoisotopic (exact) mass is 731 g/mol. The van der Waals surface area contributed by atoms with Crippen molar-refractivity contribution < 1.29 is 4.74 Å². The minimum atomic E-state index is -0.0938. The maximum Gasteiger partial charge on any atom is 0.156 e. The van der Waals surface area contributed by atoms with Crippen molar-refractivity contribution in [2.75, 3.05) is 4.90 Å². The van der Waals surface area contributed by atoms with Crippen molar-refractivity contribution in [2.45, 2.75) is 88.9 Å². The van der Waals surface area contributed by atoms with Crippen molar-refractivity contribution in [2.24, 2.45) is 23.7 Å². The van der Waals surface area contributed by atoms with Gasteiger partial charge < -0.3 is 9.64 Å². The van der Waals surface area contributed by atoms with Crippen LogP contribution in [0.4, 0.5) is 17.1 Å². The van der Waals surface area contributed by atoms with Crippen molar-refractivity contribution in [1.82, 2.24) is 0 Å². The van der Waals surface area contributed by atoms with Crippen molar-refractivity contribution in [1.29, 1.82) is 0 Å². The van der Waals surface area contributed by atoms with Gasteiger partial charge in [-0.3, -0.25) is 0 Å². The quantitative estimate of drug-likeness (QED) is 0.175. The van der Waals surface area contributed by atoms with E-state index in [-0.39, 0.29) is 16.2 Å². The molecule has 280 valence electrons. The van der Waals surface area contributed by atoms with Gasteiger partial charge in [-0.25, -0.2) is 0 Å². The summed E-state index contributed by atoms with van der Waals surface area (Å²) < 4.78 is 7.46. The lowest BCUT2D eigenvalue weighted by Crippen LogP contribution is -2.57. The maximum atomic E-state index is 7.46. The molecule has 12 rings (SSSR count). The van der Waals surface area contributed by atoms with Gasteiger partial charge in [0.2, 0.25) is 0 Å². The van der Waals surface area contributed by atoms with Crippen molar-refractivity contribution in [3.63, 3.8) is 0 Å². The third-order valence-corrected chi connectivity index (χ3v) is 15.2. The fraction of sp³-hybridized carbons (Fsp3) is 0.333. The van der Waals surface area contributed by atoms with Crippen LogP contribution in [0, 0.1) is 23.7 Å². The van der Waals surface area contributed by atoms with Crippen LogP contribution in [0.2, 0.25) is 0 Å². The van der Waals surface area contributed by atoms with E-state index >= 15 is 0 Å². The number of benzene rings is 6. The average Bonchev–Trinajstić information content (AvgIpc) is 3.22. The summed E-state index contributed by atoms with van der Waals surface area (Å²) in [7, 11) is 0. The fourth-order valence-electron chi connectivity index (χ4n) is 12.6. The molecule has 0 saturated heterocycles. The smallest absolute Gasteiger partial charge is 0.156 e. The number of hydrogen-bond acceptors (Lipinski definition) is 2. The van der Waals surface area contributed by atoms with Gasteiger partial charge in [-0.2, -0.15) is 0 Å². The zero-order chi connectivity index (χ0) is 37.8. The van der Waals surface area contributed by atoms with Crippen LogP contribution in [-0.4, -0.2) is 0 Å². The van der Waals surface area contributed by atoms with E-state index in [0.717, 1.165) is 34.7 Å². The molecule has 6 aromatic rings. The van der Waals surface area contributed by atoms with Crippen LogP contribution in [0.25, 0.3) is 22.3 Å². The largest absolute Gasteiger partial charge is 0.454 e. The van der Waals surface area contributed by atoms with Crippen LogP contribution in [0.15, 0.2) is 140 Å². The minimum Gasteiger partial charge on any atom is -0.454 e. The number of hydrogen-bond donors (Lipinski definition) is 0. The van der Waals surface area contributed by atoms with E-state index < -0.39 is 0 Å². The topological polar surface area (TPSA) is 12.5 Å². The van der Waals surface area contributed by atoms with E-state index in [9.17, 15) is 0 Å². The molecule has 1 aliphatic heterocycles. The molecule has 1 heterocycles. The first-order chi connectivity index (χ1) is 27.2. The van der Waals surface area contributed by atoms with Crippen LogP contribution in [0.3, 0.4) is 0 Å². The molecular formula is C54H53NO. The van der Waals surface area contributed by atoms with Gasteiger partial charge in [0.25, 0.3) is 0 Å². The first-order valence-corrected chi connectivity index (χ1v) is 21.3. The Morgan fingerprint density at radius 3 is 1.75 bits per heavy atom. The molecule has 0 aromatic heterocycles. The van der Waals surface area contributed by atoms with Crippen LogP contribution in [0.5, 0.6) is 11.5 Å². The molecule has 2 nitrogen and oxygen atoms in total. The summed E-state index contributed by atoms with van der Waals surface area (Å²) in [5.41, 5.74) is 14.5. The molecule has 4 saturated carbocycles. The van der Waals surface area contributed by atoms with E-state index in [1.54, 1.807) is 0 Å². The van der Waals surface area contributed by atoms with Crippen LogP contribution in [-0.2, 0) is 16.2 Å². The molecule has 0 N–H and O–H groups in total. The van der Waals surface area contributed by atoms with Crippen molar-refractivity contribution in [3.8, 4) is 33.8 Å². The zero-order valence-corrected chi connectivity index (χ0v) is 33.4. The molecule has 1 spiro atoms. The van der Waals surface area contributed by atoms with Crippen molar-refractivity contribution >= 4 is 17.1 Å². The molecular weight excluding hydrogens is 679 g/mol. The average molecular weight is 732 g/mol. The third kappa shape index (κ3) is 5.07. The number of fused-ring (bicyclic) bond motifs is 3. The molecule has 6 aliphatic rings. The van der Waals surface area contributed by atoms with E-state index in [0.29, 0.717) is 11.8 Å². The molecule has 0 radical (unpaired) electrons. The molecule has 5 aliphatic carbocycles. The lowest BCUT2D eigenvalue weighted by atomic mass is 9.41. The number of nitrogens with zero attached hydrogens (tertiary/aromatic N) is 1. The van der Waals surface area contributed by atoms with Crippen molar-refractivity contribution in [3.05, 3.63) is 162 Å². The molecule has 6 aromatic carbocycles. The van der Waals surface area contributed by atoms with Crippen LogP contribution >= 0.6 is 0 Å². The Morgan fingerprint density at radius 2 is 1.07 bits per heavy atom. The molecule has 2 heteroatoms. The summed E-state index contributed by atoms with van der Waals surface area (Å²) in [6, 6.07) is 52.5. The second-order valence-corrected chi connectivity index (χ2v) is 19.2. The highest BCUT2D eigenvalue weighted by Crippen LogP contribution is 2.71. The van der Waals surface area contributed by atoms with E-state index in [1.807, 2.05) is 0 Å². The first kappa shape index (κ1) is 34.2. The molecule has 56 heavy (non-hydrogen) atoms. The normalized spacial score (nSPS) is 25.9. The maximum absolute atomic E-state index is 7.46. The third-order valence-electron chi connectivity index (χ3n) is 15.2. The second kappa shape index (κ2) is 12.5. The minimum absolute atomic E-state index is 0.0835. The van der Waals surface area contributed by atoms with Gasteiger partial charge in [0.05, 0.1) is 5.69 Å². The van der Waals surface area contributed by atoms with E-state index in [4.69, 9.17) is 4.74 Å². The van der Waals surface area contributed by atoms with Gasteiger partial charge in [0.15, 0.2) is 5.75 Å². The number of ether oxygens (including phenoxy) is 1. The first-order valence-electron chi connectivity index (χ1n) is 21.3. The molecule has 4 bridgehead atoms. The van der Waals surface area contributed by atoms with Gasteiger partial charge in [-0.1, -0.05) is 131 Å². The predicted molar refractivity (Wildman–Crippen MR) is 232 cm³/mol. The highest BCUT2D eigenvalue weighted by molar-refractivity contribution is 5.89. The van der Waals surface area contributed by atoms with Crippen LogP contribution in [0.1, 0.15) is 94.9 Å². The molecule has 0 atom stereocenters. The van der Waals surface area contributed by atoms with Gasteiger partial charge in [-0.15, -0.1) is 0 Å². The Labute approximate surface area is 333 Å². The Bertz CT molecular complexity index is 2430. The Kier molecular flexibility index (Phi) is 7.61. The molecule has 4 fully saturated rings. The summed E-state index contributed by atoms with van der Waals surface area (Å²) in [5, 5.41) is 0. The Morgan fingerprint density at radius 1 is 0.500 bits per heavy atom. The van der Waals surface area contributed by atoms with Gasteiger partial charge >= 0.3 is 0 Å². The van der Waals surface area contributed by atoms with E-state index in [2.05, 4.69) is 172 Å². The zero-order valence-electron chi connectivity index (χ0n) is 33.4. The highest BCUT2D eigenvalue weighted by atomic mass is 16.5. The standard InChI is InChI=1S/C54H53NO/c1-52(2)27-28-53(3,4)47-34-43(23-25-45(47)52)55(42-21-19-38(20-22-42)37-13-7-5-8-14-37)48-26-24-44(39-15-9-6-10-16-39)50-51(48)56-49-18-12-11-17-46(49)54(50)40-30-35-29-36(32-40)33-41(54)31-35/h5-26,34-36,40-41H,27-33H2,1-4H3. The summed E-state index contributed by atoms with van der Waals surface area (Å²) in [4.78, 5) is 2.53. The second-order valence-electron chi connectivity index (χ2n) is 19.2. The Hall–Kier alpha value is -5.08. The molecule has 0 unspecified atom stereocenters.